The number of aliphatic hydroxyl groups excluding tert-OH is 4. The Morgan fingerprint density at radius 3 is 2.21 bits per heavy atom. The van der Waals surface area contributed by atoms with Crippen molar-refractivity contribution in [1.29, 1.82) is 0 Å². The van der Waals surface area contributed by atoms with Crippen LogP contribution in [0.4, 0.5) is 0 Å². The first-order valence-corrected chi connectivity index (χ1v) is 5.79. The van der Waals surface area contributed by atoms with Gasteiger partial charge < -0.3 is 35.0 Å². The van der Waals surface area contributed by atoms with Gasteiger partial charge in [0.1, 0.15) is 35.9 Å². The molecule has 1 heterocycles. The molecule has 1 aliphatic rings. The van der Waals surface area contributed by atoms with Gasteiger partial charge in [-0.05, 0) is 24.3 Å². The Morgan fingerprint density at radius 1 is 1.00 bits per heavy atom. The van der Waals surface area contributed by atoms with Crippen LogP contribution in [0.2, 0.25) is 0 Å². The smallest absolute Gasteiger partial charge is 0.229 e. The van der Waals surface area contributed by atoms with Gasteiger partial charge in [0.25, 0.3) is 0 Å². The Labute approximate surface area is 109 Å². The van der Waals surface area contributed by atoms with Crippen molar-refractivity contribution in [2.75, 3.05) is 6.61 Å². The van der Waals surface area contributed by atoms with Gasteiger partial charge in [-0.15, -0.1) is 0 Å². The van der Waals surface area contributed by atoms with E-state index in [2.05, 4.69) is 0 Å². The van der Waals surface area contributed by atoms with Gasteiger partial charge in [-0.3, -0.25) is 0 Å². The Hall–Kier alpha value is -1.38. The minimum absolute atomic E-state index is 0.0566. The second-order valence-electron chi connectivity index (χ2n) is 4.31. The lowest BCUT2D eigenvalue weighted by atomic mass is 9.99. The molecule has 0 unspecified atom stereocenters. The summed E-state index contributed by atoms with van der Waals surface area (Å²) in [6, 6.07) is 5.69. The van der Waals surface area contributed by atoms with Crippen molar-refractivity contribution in [2.45, 2.75) is 30.7 Å². The predicted molar refractivity (Wildman–Crippen MR) is 62.5 cm³/mol. The molecule has 0 aromatic heterocycles. The molecule has 1 aromatic carbocycles. The van der Waals surface area contributed by atoms with Crippen LogP contribution < -0.4 is 4.74 Å². The van der Waals surface area contributed by atoms with Crippen molar-refractivity contribution in [2.24, 2.45) is 0 Å². The lowest BCUT2D eigenvalue weighted by molar-refractivity contribution is -0.277. The SMILES string of the molecule is OC[C@@H]1O[C@H](Oc2ccc(O)cc2)[C@H](O)[C@@H](O)[C@@H]1O. The highest BCUT2D eigenvalue weighted by molar-refractivity contribution is 5.30. The zero-order valence-electron chi connectivity index (χ0n) is 9.96. The molecule has 1 fully saturated rings. The molecule has 1 aliphatic heterocycles. The zero-order valence-corrected chi connectivity index (χ0v) is 9.96. The van der Waals surface area contributed by atoms with Gasteiger partial charge in [0, 0.05) is 0 Å². The van der Waals surface area contributed by atoms with Gasteiger partial charge in [0.05, 0.1) is 6.61 Å². The standard InChI is InChI=1S/C12H16O7/c13-5-8-9(15)10(16)11(17)12(19-8)18-7-3-1-6(14)2-4-7/h1-4,8-17H,5H2/t8-,9+,10-,11+,12-/m0/s1. The predicted octanol–water partition coefficient (Wildman–Crippen LogP) is -1.43. The Balaban J connectivity index is 2.08. The van der Waals surface area contributed by atoms with E-state index in [-0.39, 0.29) is 5.75 Å². The number of ether oxygens (including phenoxy) is 2. The lowest BCUT2D eigenvalue weighted by Gasteiger charge is -2.39. The van der Waals surface area contributed by atoms with Crippen LogP contribution in [0.15, 0.2) is 24.3 Å². The van der Waals surface area contributed by atoms with Gasteiger partial charge in [-0.25, -0.2) is 0 Å². The fraction of sp³-hybridized carbons (Fsp3) is 0.500. The fourth-order valence-corrected chi connectivity index (χ4v) is 1.82. The largest absolute Gasteiger partial charge is 0.508 e. The number of rotatable bonds is 3. The highest BCUT2D eigenvalue weighted by atomic mass is 16.7. The van der Waals surface area contributed by atoms with Crippen LogP contribution in [0, 0.1) is 0 Å². The molecule has 0 saturated carbocycles. The molecule has 0 amide bonds. The summed E-state index contributed by atoms with van der Waals surface area (Å²) in [5.41, 5.74) is 0. The van der Waals surface area contributed by atoms with Crippen molar-refractivity contribution in [1.82, 2.24) is 0 Å². The average Bonchev–Trinajstić information content (AvgIpc) is 2.42. The molecule has 7 heteroatoms. The number of hydrogen-bond acceptors (Lipinski definition) is 7. The number of phenolic OH excluding ortho intramolecular Hbond substituents is 1. The van der Waals surface area contributed by atoms with E-state index >= 15 is 0 Å². The molecular weight excluding hydrogens is 256 g/mol. The molecule has 0 radical (unpaired) electrons. The summed E-state index contributed by atoms with van der Waals surface area (Å²) in [4.78, 5) is 0. The molecule has 5 N–H and O–H groups in total. The first-order chi connectivity index (χ1) is 9.02. The summed E-state index contributed by atoms with van der Waals surface area (Å²) in [5.74, 6) is 0.364. The molecular formula is C12H16O7. The molecule has 2 rings (SSSR count). The summed E-state index contributed by atoms with van der Waals surface area (Å²) in [5, 5.41) is 47.1. The van der Waals surface area contributed by atoms with E-state index in [1.807, 2.05) is 0 Å². The highest BCUT2D eigenvalue weighted by Gasteiger charge is 2.44. The van der Waals surface area contributed by atoms with Crippen molar-refractivity contribution in [3.63, 3.8) is 0 Å². The highest BCUT2D eigenvalue weighted by Crippen LogP contribution is 2.25. The Morgan fingerprint density at radius 2 is 1.63 bits per heavy atom. The van der Waals surface area contributed by atoms with Crippen molar-refractivity contribution >= 4 is 0 Å². The maximum atomic E-state index is 9.75. The van der Waals surface area contributed by atoms with Gasteiger partial charge in [-0.2, -0.15) is 0 Å². The van der Waals surface area contributed by atoms with Crippen LogP contribution in [0.1, 0.15) is 0 Å². The lowest BCUT2D eigenvalue weighted by Crippen LogP contribution is -2.60. The number of benzene rings is 1. The molecule has 19 heavy (non-hydrogen) atoms. The zero-order chi connectivity index (χ0) is 14.0. The minimum Gasteiger partial charge on any atom is -0.508 e. The summed E-state index contributed by atoms with van der Waals surface area (Å²) in [7, 11) is 0. The average molecular weight is 272 g/mol. The summed E-state index contributed by atoms with van der Waals surface area (Å²) in [6.45, 7) is -0.514. The molecule has 1 saturated heterocycles. The fourth-order valence-electron chi connectivity index (χ4n) is 1.82. The molecule has 7 nitrogen and oxygen atoms in total. The quantitative estimate of drug-likeness (QED) is 0.457. The Kier molecular flexibility index (Phi) is 4.23. The van der Waals surface area contributed by atoms with E-state index in [0.717, 1.165) is 0 Å². The van der Waals surface area contributed by atoms with Gasteiger partial charge in [0.15, 0.2) is 0 Å². The molecule has 0 aliphatic carbocycles. The van der Waals surface area contributed by atoms with E-state index in [4.69, 9.17) is 19.7 Å². The summed E-state index contributed by atoms with van der Waals surface area (Å²) < 4.78 is 10.5. The van der Waals surface area contributed by atoms with Crippen molar-refractivity contribution < 1.29 is 35.0 Å². The van der Waals surface area contributed by atoms with Gasteiger partial charge >= 0.3 is 0 Å². The second kappa shape index (κ2) is 5.72. The molecule has 0 spiro atoms. The monoisotopic (exact) mass is 272 g/mol. The van der Waals surface area contributed by atoms with Crippen LogP contribution in [-0.2, 0) is 4.74 Å². The third kappa shape index (κ3) is 2.96. The second-order valence-corrected chi connectivity index (χ2v) is 4.31. The molecule has 5 atom stereocenters. The van der Waals surface area contributed by atoms with Crippen LogP contribution in [0.5, 0.6) is 11.5 Å². The van der Waals surface area contributed by atoms with Crippen LogP contribution in [-0.4, -0.2) is 62.8 Å². The van der Waals surface area contributed by atoms with E-state index in [0.29, 0.717) is 5.75 Å². The van der Waals surface area contributed by atoms with Crippen molar-refractivity contribution in [3.05, 3.63) is 24.3 Å². The van der Waals surface area contributed by atoms with Crippen LogP contribution in [0.25, 0.3) is 0 Å². The normalized spacial score (nSPS) is 35.1. The number of aromatic hydroxyl groups is 1. The number of aliphatic hydroxyl groups is 4. The van der Waals surface area contributed by atoms with Gasteiger partial charge in [0.2, 0.25) is 6.29 Å². The number of phenols is 1. The maximum Gasteiger partial charge on any atom is 0.229 e. The van der Waals surface area contributed by atoms with E-state index in [9.17, 15) is 15.3 Å². The minimum atomic E-state index is -1.48. The van der Waals surface area contributed by atoms with Crippen LogP contribution in [0.3, 0.4) is 0 Å². The van der Waals surface area contributed by atoms with Crippen molar-refractivity contribution in [3.8, 4) is 11.5 Å². The van der Waals surface area contributed by atoms with Gasteiger partial charge in [-0.1, -0.05) is 0 Å². The van der Waals surface area contributed by atoms with E-state index in [1.54, 1.807) is 0 Å². The Bertz CT molecular complexity index is 405. The third-order valence-corrected chi connectivity index (χ3v) is 2.94. The maximum absolute atomic E-state index is 9.75. The molecule has 1 aromatic rings. The van der Waals surface area contributed by atoms with E-state index in [1.165, 1.54) is 24.3 Å². The first-order valence-electron chi connectivity index (χ1n) is 5.79. The third-order valence-electron chi connectivity index (χ3n) is 2.94. The van der Waals surface area contributed by atoms with E-state index < -0.39 is 37.3 Å². The summed E-state index contributed by atoms with van der Waals surface area (Å²) in [6.07, 6.45) is -6.58. The molecule has 0 bridgehead atoms. The van der Waals surface area contributed by atoms with Crippen LogP contribution >= 0.6 is 0 Å². The first kappa shape index (κ1) is 14.0. The number of hydrogen-bond donors (Lipinski definition) is 5. The summed E-state index contributed by atoms with van der Waals surface area (Å²) >= 11 is 0. The molecule has 106 valence electrons. The topological polar surface area (TPSA) is 120 Å².